The van der Waals surface area contributed by atoms with Crippen molar-refractivity contribution in [3.05, 3.63) is 14.7 Å². The van der Waals surface area contributed by atoms with Gasteiger partial charge in [0.2, 0.25) is 10.0 Å². The molecule has 106 valence electrons. The lowest BCUT2D eigenvalue weighted by Gasteiger charge is -2.30. The molecule has 1 aromatic rings. The molecule has 1 aromatic heterocycles. The summed E-state index contributed by atoms with van der Waals surface area (Å²) in [5.74, 6) is -0.0974. The van der Waals surface area contributed by atoms with Crippen LogP contribution in [0.2, 0.25) is 8.67 Å². The number of hydrogen-bond acceptors (Lipinski definition) is 4. The van der Waals surface area contributed by atoms with E-state index in [1.165, 1.54) is 10.4 Å². The number of carbonyl (C=O) groups is 1. The number of carbonyl (C=O) groups excluding carboxylic acids is 1. The number of halogens is 2. The molecule has 0 aromatic carbocycles. The van der Waals surface area contributed by atoms with E-state index in [9.17, 15) is 13.2 Å². The van der Waals surface area contributed by atoms with Crippen LogP contribution < -0.4 is 0 Å². The van der Waals surface area contributed by atoms with Crippen LogP contribution in [-0.2, 0) is 14.8 Å². The maximum Gasteiger partial charge on any atom is 0.245 e. The van der Waals surface area contributed by atoms with E-state index in [2.05, 4.69) is 0 Å². The summed E-state index contributed by atoms with van der Waals surface area (Å²) in [6, 6.07) is 1.36. The van der Waals surface area contributed by atoms with Gasteiger partial charge in [0, 0.05) is 25.4 Å². The van der Waals surface area contributed by atoms with Crippen molar-refractivity contribution in [2.45, 2.75) is 24.7 Å². The lowest BCUT2D eigenvalue weighted by Crippen LogP contribution is -2.43. The van der Waals surface area contributed by atoms with Gasteiger partial charge in [-0.1, -0.05) is 30.1 Å². The molecule has 0 spiro atoms. The van der Waals surface area contributed by atoms with Crippen molar-refractivity contribution in [3.8, 4) is 0 Å². The minimum atomic E-state index is -3.66. The van der Waals surface area contributed by atoms with E-state index in [1.807, 2.05) is 6.92 Å². The highest BCUT2D eigenvalue weighted by molar-refractivity contribution is 7.89. The number of Topliss-reactive ketones (excluding diaryl/α,β-unsaturated/α-hetero) is 1. The molecule has 8 heteroatoms. The summed E-state index contributed by atoms with van der Waals surface area (Å²) in [7, 11) is -3.66. The molecule has 0 bridgehead atoms. The smallest absolute Gasteiger partial charge is 0.245 e. The van der Waals surface area contributed by atoms with Crippen molar-refractivity contribution >= 4 is 50.3 Å². The first-order chi connectivity index (χ1) is 8.86. The number of piperidine rings is 1. The van der Waals surface area contributed by atoms with E-state index >= 15 is 0 Å². The maximum absolute atomic E-state index is 12.5. The van der Waals surface area contributed by atoms with Crippen molar-refractivity contribution in [2.75, 3.05) is 13.1 Å². The van der Waals surface area contributed by atoms with Crippen LogP contribution in [0.4, 0.5) is 0 Å². The minimum Gasteiger partial charge on any atom is -0.299 e. The third kappa shape index (κ3) is 2.97. The second-order valence-electron chi connectivity index (χ2n) is 4.37. The van der Waals surface area contributed by atoms with E-state index in [-0.39, 0.29) is 40.4 Å². The fourth-order valence-electron chi connectivity index (χ4n) is 2.09. The van der Waals surface area contributed by atoms with E-state index in [4.69, 9.17) is 23.2 Å². The Morgan fingerprint density at radius 3 is 2.68 bits per heavy atom. The number of thiophene rings is 1. The topological polar surface area (TPSA) is 54.5 Å². The van der Waals surface area contributed by atoms with Gasteiger partial charge in [0.25, 0.3) is 0 Å². The molecular weight excluding hydrogens is 329 g/mol. The Balaban J connectivity index is 2.30. The third-order valence-electron chi connectivity index (χ3n) is 3.22. The summed E-state index contributed by atoms with van der Waals surface area (Å²) in [5, 5.41) is 0. The van der Waals surface area contributed by atoms with Gasteiger partial charge in [-0.2, -0.15) is 4.31 Å². The Labute approximate surface area is 126 Å². The quantitative estimate of drug-likeness (QED) is 0.848. The van der Waals surface area contributed by atoms with Crippen LogP contribution in [-0.4, -0.2) is 31.6 Å². The van der Waals surface area contributed by atoms with Crippen molar-refractivity contribution in [1.82, 2.24) is 4.31 Å². The normalized spacial score (nSPS) is 21.8. The van der Waals surface area contributed by atoms with Gasteiger partial charge in [-0.3, -0.25) is 4.79 Å². The number of sulfonamides is 1. The van der Waals surface area contributed by atoms with Crippen LogP contribution >= 0.6 is 34.5 Å². The van der Waals surface area contributed by atoms with Crippen LogP contribution in [0.5, 0.6) is 0 Å². The van der Waals surface area contributed by atoms with Crippen LogP contribution in [0.25, 0.3) is 0 Å². The van der Waals surface area contributed by atoms with Crippen LogP contribution in [0, 0.1) is 5.92 Å². The van der Waals surface area contributed by atoms with Gasteiger partial charge in [0.05, 0.1) is 4.34 Å². The van der Waals surface area contributed by atoms with Gasteiger partial charge in [0.15, 0.2) is 0 Å². The highest BCUT2D eigenvalue weighted by atomic mass is 35.5. The second kappa shape index (κ2) is 5.69. The molecule has 0 amide bonds. The number of hydrogen-bond donors (Lipinski definition) is 0. The number of ketones is 1. The zero-order chi connectivity index (χ0) is 14.2. The Kier molecular flexibility index (Phi) is 4.57. The Hall–Kier alpha value is -0.140. The molecule has 1 unspecified atom stereocenters. The predicted molar refractivity (Wildman–Crippen MR) is 76.5 cm³/mol. The summed E-state index contributed by atoms with van der Waals surface area (Å²) in [4.78, 5) is 11.7. The molecule has 0 saturated carbocycles. The molecule has 1 saturated heterocycles. The van der Waals surface area contributed by atoms with E-state index in [0.717, 1.165) is 11.3 Å². The van der Waals surface area contributed by atoms with Gasteiger partial charge in [-0.05, 0) is 12.5 Å². The van der Waals surface area contributed by atoms with Gasteiger partial charge < -0.3 is 0 Å². The molecule has 19 heavy (non-hydrogen) atoms. The van der Waals surface area contributed by atoms with Gasteiger partial charge in [-0.25, -0.2) is 8.42 Å². The van der Waals surface area contributed by atoms with Crippen LogP contribution in [0.3, 0.4) is 0 Å². The Morgan fingerprint density at radius 2 is 2.16 bits per heavy atom. The summed E-state index contributed by atoms with van der Waals surface area (Å²) in [6.07, 6.45) is 0.899. The minimum absolute atomic E-state index is 0.0355. The summed E-state index contributed by atoms with van der Waals surface area (Å²) < 4.78 is 26.8. The van der Waals surface area contributed by atoms with Crippen molar-refractivity contribution in [1.29, 1.82) is 0 Å². The molecule has 2 rings (SSSR count). The average molecular weight is 342 g/mol. The van der Waals surface area contributed by atoms with E-state index in [0.29, 0.717) is 10.8 Å². The third-order valence-corrected chi connectivity index (χ3v) is 6.84. The molecular formula is C11H13Cl2NO3S2. The first-order valence-electron chi connectivity index (χ1n) is 5.84. The summed E-state index contributed by atoms with van der Waals surface area (Å²) >= 11 is 12.7. The highest BCUT2D eigenvalue weighted by Crippen LogP contribution is 2.36. The van der Waals surface area contributed by atoms with Gasteiger partial charge >= 0.3 is 0 Å². The number of nitrogens with zero attached hydrogens (tertiary/aromatic N) is 1. The average Bonchev–Trinajstić information content (AvgIpc) is 2.69. The maximum atomic E-state index is 12.5. The zero-order valence-corrected chi connectivity index (χ0v) is 13.4. The van der Waals surface area contributed by atoms with E-state index < -0.39 is 10.0 Å². The standard InChI is InChI=1S/C11H13Cl2NO3S2/c1-2-7-6-14(4-3-8(7)15)19(16,17)9-5-10(12)18-11(9)13/h5,7H,2-4,6H2,1H3. The monoisotopic (exact) mass is 341 g/mol. The summed E-state index contributed by atoms with van der Waals surface area (Å²) in [6.45, 7) is 2.32. The lowest BCUT2D eigenvalue weighted by atomic mass is 9.96. The largest absolute Gasteiger partial charge is 0.299 e. The summed E-state index contributed by atoms with van der Waals surface area (Å²) in [5.41, 5.74) is 0. The Bertz CT molecular complexity index is 597. The van der Waals surface area contributed by atoms with Crippen LogP contribution in [0.15, 0.2) is 11.0 Å². The number of rotatable bonds is 3. The lowest BCUT2D eigenvalue weighted by molar-refractivity contribution is -0.125. The fraction of sp³-hybridized carbons (Fsp3) is 0.545. The van der Waals surface area contributed by atoms with Crippen LogP contribution in [0.1, 0.15) is 19.8 Å². The molecule has 1 fully saturated rings. The molecule has 0 N–H and O–H groups in total. The second-order valence-corrected chi connectivity index (χ2v) is 8.56. The van der Waals surface area contributed by atoms with Crippen molar-refractivity contribution < 1.29 is 13.2 Å². The Morgan fingerprint density at radius 1 is 1.47 bits per heavy atom. The molecule has 1 aliphatic heterocycles. The predicted octanol–water partition coefficient (Wildman–Crippen LogP) is 3.04. The van der Waals surface area contributed by atoms with Crippen molar-refractivity contribution in [3.63, 3.8) is 0 Å². The zero-order valence-electron chi connectivity index (χ0n) is 10.2. The van der Waals surface area contributed by atoms with Gasteiger partial charge in [-0.15, -0.1) is 11.3 Å². The molecule has 4 nitrogen and oxygen atoms in total. The van der Waals surface area contributed by atoms with Gasteiger partial charge in [0.1, 0.15) is 15.0 Å². The molecule has 1 atom stereocenters. The van der Waals surface area contributed by atoms with E-state index in [1.54, 1.807) is 0 Å². The molecule has 0 aliphatic carbocycles. The molecule has 2 heterocycles. The van der Waals surface area contributed by atoms with Crippen molar-refractivity contribution in [2.24, 2.45) is 5.92 Å². The molecule has 1 aliphatic rings. The first kappa shape index (κ1) is 15.3. The molecule has 0 radical (unpaired) electrons. The first-order valence-corrected chi connectivity index (χ1v) is 8.85. The SMILES string of the molecule is CCC1CN(S(=O)(=O)c2cc(Cl)sc2Cl)CCC1=O. The highest BCUT2D eigenvalue weighted by Gasteiger charge is 2.35. The fourth-order valence-corrected chi connectivity index (χ4v) is 5.69.